The van der Waals surface area contributed by atoms with E-state index in [2.05, 4.69) is 41.1 Å². The van der Waals surface area contributed by atoms with Gasteiger partial charge >= 0.3 is 0 Å². The summed E-state index contributed by atoms with van der Waals surface area (Å²) >= 11 is 1.89. The van der Waals surface area contributed by atoms with Crippen LogP contribution in [0.4, 0.5) is 5.82 Å². The quantitative estimate of drug-likeness (QED) is 0.661. The first kappa shape index (κ1) is 14.4. The number of thiophene rings is 1. The molecule has 3 aromatic rings. The van der Waals surface area contributed by atoms with Crippen LogP contribution < -0.4 is 4.90 Å². The highest BCUT2D eigenvalue weighted by molar-refractivity contribution is 7.19. The number of aromatic nitrogens is 2. The maximum Gasteiger partial charge on any atom is 0.141 e. The zero-order valence-corrected chi connectivity index (χ0v) is 14.8. The van der Waals surface area contributed by atoms with Gasteiger partial charge in [-0.1, -0.05) is 31.2 Å². The van der Waals surface area contributed by atoms with Gasteiger partial charge in [0.15, 0.2) is 0 Å². The van der Waals surface area contributed by atoms with Gasteiger partial charge in [-0.2, -0.15) is 0 Å². The van der Waals surface area contributed by atoms with Crippen molar-refractivity contribution in [2.45, 2.75) is 39.2 Å². The van der Waals surface area contributed by atoms with Crippen molar-refractivity contribution in [1.29, 1.82) is 0 Å². The molecule has 3 nitrogen and oxygen atoms in total. The molecule has 0 radical (unpaired) electrons. The maximum absolute atomic E-state index is 4.73. The molecule has 1 unspecified atom stereocenters. The summed E-state index contributed by atoms with van der Waals surface area (Å²) in [6.07, 6.45) is 6.55. The molecule has 1 aliphatic heterocycles. The molecule has 0 saturated heterocycles. The van der Waals surface area contributed by atoms with Gasteiger partial charge in [-0.05, 0) is 48.3 Å². The largest absolute Gasteiger partial charge is 0.351 e. The Balaban J connectivity index is 1.62. The molecule has 3 heterocycles. The number of aryl methyl sites for hydroxylation is 1. The monoisotopic (exact) mass is 335 g/mol. The van der Waals surface area contributed by atoms with Gasteiger partial charge in [0.25, 0.3) is 0 Å². The van der Waals surface area contributed by atoms with Crippen molar-refractivity contribution in [1.82, 2.24) is 9.97 Å². The number of rotatable bonds is 1. The van der Waals surface area contributed by atoms with Crippen molar-refractivity contribution in [2.24, 2.45) is 5.92 Å². The highest BCUT2D eigenvalue weighted by atomic mass is 32.1. The van der Waals surface area contributed by atoms with E-state index >= 15 is 0 Å². The molecule has 4 heteroatoms. The Labute approximate surface area is 146 Å². The van der Waals surface area contributed by atoms with E-state index in [0.717, 1.165) is 31.2 Å². The molecule has 5 rings (SSSR count). The van der Waals surface area contributed by atoms with E-state index in [-0.39, 0.29) is 0 Å². The first-order valence-electron chi connectivity index (χ1n) is 8.86. The lowest BCUT2D eigenvalue weighted by molar-refractivity contribution is 0.508. The summed E-state index contributed by atoms with van der Waals surface area (Å²) in [6, 6.07) is 8.81. The SMILES string of the molecule is CC1CCc2sc3ncnc(N4CCc5ccccc5C4)c3c2C1. The van der Waals surface area contributed by atoms with Gasteiger partial charge in [-0.3, -0.25) is 0 Å². The van der Waals surface area contributed by atoms with E-state index < -0.39 is 0 Å². The molecule has 0 saturated carbocycles. The zero-order chi connectivity index (χ0) is 16.1. The number of anilines is 1. The molecule has 0 amide bonds. The van der Waals surface area contributed by atoms with Crippen molar-refractivity contribution in [2.75, 3.05) is 11.4 Å². The van der Waals surface area contributed by atoms with Gasteiger partial charge in [-0.25, -0.2) is 9.97 Å². The third kappa shape index (κ3) is 2.24. The zero-order valence-electron chi connectivity index (χ0n) is 14.0. The van der Waals surface area contributed by atoms with Gasteiger partial charge in [0, 0.05) is 18.0 Å². The van der Waals surface area contributed by atoms with E-state index in [4.69, 9.17) is 4.98 Å². The Kier molecular flexibility index (Phi) is 3.33. The van der Waals surface area contributed by atoms with E-state index in [9.17, 15) is 0 Å². The fraction of sp³-hybridized carbons (Fsp3) is 0.400. The number of fused-ring (bicyclic) bond motifs is 4. The summed E-state index contributed by atoms with van der Waals surface area (Å²) in [7, 11) is 0. The molecule has 1 aromatic carbocycles. The van der Waals surface area contributed by atoms with Crippen LogP contribution in [0.1, 0.15) is 34.9 Å². The molecule has 0 spiro atoms. The van der Waals surface area contributed by atoms with Crippen molar-refractivity contribution in [3.8, 4) is 0 Å². The van der Waals surface area contributed by atoms with Crippen molar-refractivity contribution >= 4 is 27.4 Å². The average molecular weight is 335 g/mol. The third-order valence-corrected chi connectivity index (χ3v) is 6.70. The molecule has 0 bridgehead atoms. The average Bonchev–Trinajstić information content (AvgIpc) is 2.99. The predicted molar refractivity (Wildman–Crippen MR) is 99.8 cm³/mol. The number of hydrogen-bond acceptors (Lipinski definition) is 4. The smallest absolute Gasteiger partial charge is 0.141 e. The van der Waals surface area contributed by atoms with Crippen LogP contribution in [0.2, 0.25) is 0 Å². The Morgan fingerprint density at radius 3 is 2.92 bits per heavy atom. The van der Waals surface area contributed by atoms with E-state index in [1.807, 2.05) is 11.3 Å². The van der Waals surface area contributed by atoms with Crippen molar-refractivity contribution in [3.05, 3.63) is 52.2 Å². The normalized spacial score (nSPS) is 20.0. The molecule has 1 atom stereocenters. The molecule has 0 fully saturated rings. The summed E-state index contributed by atoms with van der Waals surface area (Å²) in [5.74, 6) is 1.92. The minimum absolute atomic E-state index is 0.769. The Morgan fingerprint density at radius 1 is 1.12 bits per heavy atom. The molecule has 0 N–H and O–H groups in total. The van der Waals surface area contributed by atoms with Gasteiger partial charge in [0.05, 0.1) is 5.39 Å². The van der Waals surface area contributed by atoms with Crippen molar-refractivity contribution in [3.63, 3.8) is 0 Å². The van der Waals surface area contributed by atoms with Crippen LogP contribution in [-0.2, 0) is 25.8 Å². The Bertz CT molecular complexity index is 914. The third-order valence-electron chi connectivity index (χ3n) is 5.50. The van der Waals surface area contributed by atoms with Crippen LogP contribution in [0.5, 0.6) is 0 Å². The minimum atomic E-state index is 0.769. The van der Waals surface area contributed by atoms with Crippen LogP contribution in [0, 0.1) is 5.92 Å². The Hall–Kier alpha value is -1.94. The second-order valence-corrected chi connectivity index (χ2v) is 8.25. The molecule has 24 heavy (non-hydrogen) atoms. The second kappa shape index (κ2) is 5.55. The number of hydrogen-bond donors (Lipinski definition) is 0. The van der Waals surface area contributed by atoms with Crippen molar-refractivity contribution < 1.29 is 0 Å². The van der Waals surface area contributed by atoms with Crippen LogP contribution in [0.15, 0.2) is 30.6 Å². The summed E-state index contributed by atoms with van der Waals surface area (Å²) < 4.78 is 0. The van der Waals surface area contributed by atoms with Crippen LogP contribution in [0.25, 0.3) is 10.2 Å². The standard InChI is InChI=1S/C20H21N3S/c1-13-6-7-17-16(10-13)18-19(21-12-22-20(18)24-17)23-9-8-14-4-2-3-5-15(14)11-23/h2-5,12-13H,6-11H2,1H3. The fourth-order valence-corrected chi connectivity index (χ4v) is 5.36. The second-order valence-electron chi connectivity index (χ2n) is 7.17. The van der Waals surface area contributed by atoms with Crippen LogP contribution >= 0.6 is 11.3 Å². The molecule has 1 aliphatic carbocycles. The highest BCUT2D eigenvalue weighted by Crippen LogP contribution is 2.41. The van der Waals surface area contributed by atoms with E-state index in [1.54, 1.807) is 11.2 Å². The summed E-state index contributed by atoms with van der Waals surface area (Å²) in [5, 5.41) is 1.34. The lowest BCUT2D eigenvalue weighted by Gasteiger charge is -2.30. The number of benzene rings is 1. The molecular formula is C20H21N3S. The Morgan fingerprint density at radius 2 is 2.00 bits per heavy atom. The summed E-state index contributed by atoms with van der Waals surface area (Å²) in [5.41, 5.74) is 4.45. The first-order valence-corrected chi connectivity index (χ1v) is 9.68. The lowest BCUT2D eigenvalue weighted by atomic mass is 9.88. The first-order chi connectivity index (χ1) is 11.8. The highest BCUT2D eigenvalue weighted by Gasteiger charge is 2.26. The molecule has 2 aliphatic rings. The van der Waals surface area contributed by atoms with Gasteiger partial charge in [0.1, 0.15) is 17.0 Å². The minimum Gasteiger partial charge on any atom is -0.351 e. The van der Waals surface area contributed by atoms with E-state index in [0.29, 0.717) is 0 Å². The van der Waals surface area contributed by atoms with Crippen LogP contribution in [0.3, 0.4) is 0 Å². The topological polar surface area (TPSA) is 29.0 Å². The van der Waals surface area contributed by atoms with Gasteiger partial charge in [-0.15, -0.1) is 11.3 Å². The molecular weight excluding hydrogens is 314 g/mol. The van der Waals surface area contributed by atoms with Gasteiger partial charge in [0.2, 0.25) is 0 Å². The predicted octanol–water partition coefficient (Wildman–Crippen LogP) is 4.38. The molecule has 2 aromatic heterocycles. The van der Waals surface area contributed by atoms with Crippen LogP contribution in [-0.4, -0.2) is 16.5 Å². The summed E-state index contributed by atoms with van der Waals surface area (Å²) in [4.78, 5) is 14.5. The number of nitrogens with zero attached hydrogens (tertiary/aromatic N) is 3. The maximum atomic E-state index is 4.73. The fourth-order valence-electron chi connectivity index (χ4n) is 4.18. The summed E-state index contributed by atoms with van der Waals surface area (Å²) in [6.45, 7) is 4.37. The van der Waals surface area contributed by atoms with Gasteiger partial charge < -0.3 is 4.90 Å². The molecule has 122 valence electrons. The van der Waals surface area contributed by atoms with E-state index in [1.165, 1.54) is 46.2 Å². The lowest BCUT2D eigenvalue weighted by Crippen LogP contribution is -2.31.